The molecule has 2 aromatic carbocycles. The zero-order valence-electron chi connectivity index (χ0n) is 16.1. The van der Waals surface area contributed by atoms with Crippen LogP contribution < -0.4 is 9.47 Å². The molecule has 2 heterocycles. The average molecular weight is 469 g/mol. The van der Waals surface area contributed by atoms with Gasteiger partial charge in [0, 0.05) is 31.1 Å². The Bertz CT molecular complexity index is 1040. The number of fused-ring (bicyclic) bond motifs is 1. The Morgan fingerprint density at radius 2 is 1.70 bits per heavy atom. The molecule has 10 heteroatoms. The lowest BCUT2D eigenvalue weighted by molar-refractivity contribution is -0.129. The summed E-state index contributed by atoms with van der Waals surface area (Å²) < 4.78 is 38.1. The minimum atomic E-state index is -3.67. The summed E-state index contributed by atoms with van der Waals surface area (Å²) in [7, 11) is -3.67. The Hall–Kier alpha value is -1.94. The van der Waals surface area contributed by atoms with Crippen LogP contribution in [-0.4, -0.2) is 68.7 Å². The smallest absolute Gasteiger partial charge is 0.244 e. The van der Waals surface area contributed by atoms with E-state index in [1.54, 1.807) is 23.1 Å². The van der Waals surface area contributed by atoms with Crippen LogP contribution in [0.5, 0.6) is 11.5 Å². The zero-order valence-corrected chi connectivity index (χ0v) is 18.5. The van der Waals surface area contributed by atoms with Crippen LogP contribution >= 0.6 is 23.4 Å². The van der Waals surface area contributed by atoms with Crippen molar-refractivity contribution in [3.05, 3.63) is 47.5 Å². The van der Waals surface area contributed by atoms with E-state index in [0.717, 1.165) is 4.90 Å². The van der Waals surface area contributed by atoms with Gasteiger partial charge in [0.05, 0.1) is 10.8 Å². The number of nitrogens with zero attached hydrogens (tertiary/aromatic N) is 2. The SMILES string of the molecule is O=C(CSc1ccc2c(c1)OCCO2)N1CCN(S(=O)(=O)c2ccccc2Cl)CC1. The fourth-order valence-corrected chi connectivity index (χ4v) is 6.06. The van der Waals surface area contributed by atoms with Crippen molar-refractivity contribution in [2.75, 3.05) is 45.1 Å². The fraction of sp³-hybridized carbons (Fsp3) is 0.350. The molecule has 2 aromatic rings. The van der Waals surface area contributed by atoms with E-state index in [1.807, 2.05) is 18.2 Å². The van der Waals surface area contributed by atoms with Crippen LogP contribution in [0, 0.1) is 0 Å². The van der Waals surface area contributed by atoms with Crippen molar-refractivity contribution in [2.45, 2.75) is 9.79 Å². The van der Waals surface area contributed by atoms with Crippen molar-refractivity contribution in [1.82, 2.24) is 9.21 Å². The summed E-state index contributed by atoms with van der Waals surface area (Å²) in [4.78, 5) is 15.3. The van der Waals surface area contributed by atoms with Crippen LogP contribution in [-0.2, 0) is 14.8 Å². The lowest BCUT2D eigenvalue weighted by Crippen LogP contribution is -2.51. The van der Waals surface area contributed by atoms with E-state index in [2.05, 4.69) is 0 Å². The Morgan fingerprint density at radius 3 is 2.43 bits per heavy atom. The number of piperazine rings is 1. The number of hydrogen-bond donors (Lipinski definition) is 0. The van der Waals surface area contributed by atoms with Gasteiger partial charge in [0.1, 0.15) is 18.1 Å². The van der Waals surface area contributed by atoms with Crippen LogP contribution in [0.15, 0.2) is 52.3 Å². The number of ether oxygens (including phenoxy) is 2. The largest absolute Gasteiger partial charge is 0.486 e. The van der Waals surface area contributed by atoms with Gasteiger partial charge in [0.2, 0.25) is 15.9 Å². The normalized spacial score (nSPS) is 17.0. The molecular formula is C20H21ClN2O5S2. The molecule has 0 bridgehead atoms. The molecule has 0 saturated carbocycles. The summed E-state index contributed by atoms with van der Waals surface area (Å²) in [6.07, 6.45) is 0. The molecule has 160 valence electrons. The predicted molar refractivity (Wildman–Crippen MR) is 115 cm³/mol. The third-order valence-corrected chi connectivity index (χ3v) is 8.30. The molecule has 0 unspecified atom stereocenters. The highest BCUT2D eigenvalue weighted by Crippen LogP contribution is 2.34. The van der Waals surface area contributed by atoms with Gasteiger partial charge in [-0.3, -0.25) is 4.79 Å². The molecule has 0 radical (unpaired) electrons. The van der Waals surface area contributed by atoms with E-state index in [9.17, 15) is 13.2 Å². The van der Waals surface area contributed by atoms with Gasteiger partial charge in [0.15, 0.2) is 11.5 Å². The van der Waals surface area contributed by atoms with E-state index < -0.39 is 10.0 Å². The van der Waals surface area contributed by atoms with E-state index >= 15 is 0 Å². The molecule has 0 N–H and O–H groups in total. The number of amides is 1. The molecule has 0 atom stereocenters. The van der Waals surface area contributed by atoms with E-state index in [4.69, 9.17) is 21.1 Å². The van der Waals surface area contributed by atoms with Gasteiger partial charge in [-0.1, -0.05) is 23.7 Å². The van der Waals surface area contributed by atoms with Gasteiger partial charge in [-0.25, -0.2) is 8.42 Å². The highest BCUT2D eigenvalue weighted by atomic mass is 35.5. The fourth-order valence-electron chi connectivity index (χ4n) is 3.32. The van der Waals surface area contributed by atoms with Gasteiger partial charge in [0.25, 0.3) is 0 Å². The van der Waals surface area contributed by atoms with Gasteiger partial charge >= 0.3 is 0 Å². The van der Waals surface area contributed by atoms with E-state index in [1.165, 1.54) is 22.1 Å². The quantitative estimate of drug-likeness (QED) is 0.628. The maximum atomic E-state index is 12.8. The number of hydrogen-bond acceptors (Lipinski definition) is 6. The van der Waals surface area contributed by atoms with Crippen LogP contribution in [0.2, 0.25) is 5.02 Å². The molecule has 4 rings (SSSR count). The number of carbonyl (C=O) groups is 1. The van der Waals surface area contributed by atoms with Crippen molar-refractivity contribution < 1.29 is 22.7 Å². The van der Waals surface area contributed by atoms with Gasteiger partial charge in [-0.05, 0) is 30.3 Å². The van der Waals surface area contributed by atoms with Gasteiger partial charge < -0.3 is 14.4 Å². The second-order valence-electron chi connectivity index (χ2n) is 6.81. The summed E-state index contributed by atoms with van der Waals surface area (Å²) in [5, 5.41) is 0.201. The van der Waals surface area contributed by atoms with Crippen LogP contribution in [0.3, 0.4) is 0 Å². The van der Waals surface area contributed by atoms with Crippen LogP contribution in [0.25, 0.3) is 0 Å². The number of halogens is 1. The highest BCUT2D eigenvalue weighted by Gasteiger charge is 2.31. The van der Waals surface area contributed by atoms with Crippen LogP contribution in [0.4, 0.5) is 0 Å². The molecule has 2 aliphatic heterocycles. The van der Waals surface area contributed by atoms with Crippen molar-refractivity contribution in [1.29, 1.82) is 0 Å². The molecule has 1 amide bonds. The molecular weight excluding hydrogens is 448 g/mol. The first kappa shape index (κ1) is 21.3. The van der Waals surface area contributed by atoms with Crippen molar-refractivity contribution in [3.63, 3.8) is 0 Å². The number of carbonyl (C=O) groups excluding carboxylic acids is 1. The lowest BCUT2D eigenvalue weighted by atomic mass is 10.3. The monoisotopic (exact) mass is 468 g/mol. The Kier molecular flexibility index (Phi) is 6.43. The van der Waals surface area contributed by atoms with Crippen molar-refractivity contribution in [3.8, 4) is 11.5 Å². The van der Waals surface area contributed by atoms with Gasteiger partial charge in [-0.2, -0.15) is 4.31 Å². The first-order chi connectivity index (χ1) is 14.4. The molecule has 1 saturated heterocycles. The number of rotatable bonds is 5. The van der Waals surface area contributed by atoms with Crippen LogP contribution in [0.1, 0.15) is 0 Å². The second kappa shape index (κ2) is 9.05. The summed E-state index contributed by atoms with van der Waals surface area (Å²) in [6.45, 7) is 2.24. The first-order valence-electron chi connectivity index (χ1n) is 9.50. The number of benzene rings is 2. The molecule has 0 aliphatic carbocycles. The summed E-state index contributed by atoms with van der Waals surface area (Å²) >= 11 is 7.49. The van der Waals surface area contributed by atoms with Crippen molar-refractivity contribution in [2.24, 2.45) is 0 Å². The average Bonchev–Trinajstić information content (AvgIpc) is 2.77. The molecule has 1 fully saturated rings. The maximum Gasteiger partial charge on any atom is 0.244 e. The molecule has 0 spiro atoms. The van der Waals surface area contributed by atoms with Crippen molar-refractivity contribution >= 4 is 39.3 Å². The molecule has 7 nitrogen and oxygen atoms in total. The third kappa shape index (κ3) is 4.54. The summed E-state index contributed by atoms with van der Waals surface area (Å²) in [5.74, 6) is 1.66. The Morgan fingerprint density at radius 1 is 1.00 bits per heavy atom. The molecule has 2 aliphatic rings. The second-order valence-corrected chi connectivity index (χ2v) is 10.2. The Balaban J connectivity index is 1.32. The van der Waals surface area contributed by atoms with E-state index in [0.29, 0.717) is 37.8 Å². The third-order valence-electron chi connectivity index (χ3n) is 4.92. The first-order valence-corrected chi connectivity index (χ1v) is 12.3. The molecule has 0 aromatic heterocycles. The lowest BCUT2D eigenvalue weighted by Gasteiger charge is -2.34. The van der Waals surface area contributed by atoms with Gasteiger partial charge in [-0.15, -0.1) is 11.8 Å². The molecule has 30 heavy (non-hydrogen) atoms. The standard InChI is InChI=1S/C20H21ClN2O5S2/c21-16-3-1-2-4-19(16)30(25,26)23-9-7-22(8-10-23)20(24)14-29-15-5-6-17-18(13-15)28-12-11-27-17/h1-6,13H,7-12,14H2. The maximum absolute atomic E-state index is 12.8. The highest BCUT2D eigenvalue weighted by molar-refractivity contribution is 8.00. The van der Waals surface area contributed by atoms with E-state index in [-0.39, 0.29) is 34.7 Å². The summed E-state index contributed by atoms with van der Waals surface area (Å²) in [6, 6.07) is 12.0. The number of thioether (sulfide) groups is 1. The predicted octanol–water partition coefficient (Wildman–Crippen LogP) is 2.74. The topological polar surface area (TPSA) is 76.2 Å². The number of sulfonamides is 1. The minimum absolute atomic E-state index is 0.0234. The minimum Gasteiger partial charge on any atom is -0.486 e. The summed E-state index contributed by atoms with van der Waals surface area (Å²) in [5.41, 5.74) is 0. The Labute approximate surface area is 184 Å². The zero-order chi connectivity index (χ0) is 21.1.